The van der Waals surface area contributed by atoms with E-state index in [1.807, 2.05) is 0 Å². The number of esters is 1. The molecule has 0 aromatic rings. The van der Waals surface area contributed by atoms with Crippen molar-refractivity contribution in [2.45, 2.75) is 13.8 Å². The van der Waals surface area contributed by atoms with E-state index in [2.05, 4.69) is 30.0 Å². The Hall–Kier alpha value is -0.400. The van der Waals surface area contributed by atoms with Gasteiger partial charge in [-0.2, -0.15) is 25.3 Å². The molecule has 0 aliphatic carbocycles. The van der Waals surface area contributed by atoms with Crippen molar-refractivity contribution in [1.29, 1.82) is 0 Å². The Morgan fingerprint density at radius 2 is 1.53 bits per heavy atom. The van der Waals surface area contributed by atoms with E-state index in [1.165, 1.54) is 0 Å². The molecule has 0 atom stereocenters. The van der Waals surface area contributed by atoms with Crippen LogP contribution in [-0.4, -0.2) is 46.9 Å². The second kappa shape index (κ2) is 19.2. The highest BCUT2D eigenvalue weighted by molar-refractivity contribution is 7.81. The molecular weight excluding hydrogens is 240 g/mol. The SMILES string of the molecule is CCO.CCOC(=O)CS.O=C(O)CS. The third-order valence-corrected chi connectivity index (χ3v) is 1.10. The molecule has 5 nitrogen and oxygen atoms in total. The lowest BCUT2D eigenvalue weighted by Crippen LogP contribution is -2.03. The van der Waals surface area contributed by atoms with Crippen LogP contribution in [0.15, 0.2) is 0 Å². The number of carbonyl (C=O) groups is 2. The van der Waals surface area contributed by atoms with Gasteiger partial charge in [0.05, 0.1) is 18.1 Å². The Kier molecular flexibility index (Phi) is 25.7. The molecule has 92 valence electrons. The van der Waals surface area contributed by atoms with Gasteiger partial charge in [0.15, 0.2) is 0 Å². The van der Waals surface area contributed by atoms with Crippen molar-refractivity contribution in [1.82, 2.24) is 0 Å². The van der Waals surface area contributed by atoms with Crippen molar-refractivity contribution in [3.05, 3.63) is 0 Å². The highest BCUT2D eigenvalue weighted by atomic mass is 32.1. The van der Waals surface area contributed by atoms with Crippen LogP contribution < -0.4 is 0 Å². The standard InChI is InChI=1S/C4H8O2S.C2H4O2S.C2H6O/c1-2-6-4(5)3-7;3-2(4)1-5;1-2-3/h7H,2-3H2,1H3;5H,1H2,(H,3,4);3H,2H2,1H3. The van der Waals surface area contributed by atoms with Crippen LogP contribution >= 0.6 is 25.3 Å². The van der Waals surface area contributed by atoms with Crippen molar-refractivity contribution < 1.29 is 24.5 Å². The molecule has 0 saturated carbocycles. The number of carboxylic acid groups (broad SMARTS) is 1. The number of hydrogen-bond acceptors (Lipinski definition) is 6. The molecule has 0 rings (SSSR count). The van der Waals surface area contributed by atoms with Gasteiger partial charge in [-0.15, -0.1) is 0 Å². The van der Waals surface area contributed by atoms with Gasteiger partial charge < -0.3 is 14.9 Å². The quantitative estimate of drug-likeness (QED) is 0.437. The lowest BCUT2D eigenvalue weighted by atomic mass is 10.8. The van der Waals surface area contributed by atoms with Crippen molar-refractivity contribution >= 4 is 37.2 Å². The molecular formula is C8H18O5S2. The Morgan fingerprint density at radius 1 is 1.20 bits per heavy atom. The normalized spacial score (nSPS) is 7.53. The summed E-state index contributed by atoms with van der Waals surface area (Å²) in [5, 5.41) is 15.2. The zero-order chi connectivity index (χ0) is 12.7. The molecule has 0 aliphatic heterocycles. The molecule has 0 radical (unpaired) electrons. The van der Waals surface area contributed by atoms with E-state index in [4.69, 9.17) is 10.2 Å². The number of thiol groups is 2. The third-order valence-electron chi connectivity index (χ3n) is 0.570. The number of ether oxygens (including phenoxy) is 1. The summed E-state index contributed by atoms with van der Waals surface area (Å²) in [4.78, 5) is 19.4. The van der Waals surface area contributed by atoms with E-state index < -0.39 is 5.97 Å². The summed E-state index contributed by atoms with van der Waals surface area (Å²) in [7, 11) is 0. The summed E-state index contributed by atoms with van der Waals surface area (Å²) in [5.41, 5.74) is 0. The fraction of sp³-hybridized carbons (Fsp3) is 0.750. The smallest absolute Gasteiger partial charge is 0.315 e. The topological polar surface area (TPSA) is 83.8 Å². The molecule has 0 amide bonds. The van der Waals surface area contributed by atoms with Gasteiger partial charge in [0.25, 0.3) is 0 Å². The van der Waals surface area contributed by atoms with E-state index in [0.717, 1.165) is 0 Å². The first-order chi connectivity index (χ1) is 6.99. The van der Waals surface area contributed by atoms with Gasteiger partial charge in [0, 0.05) is 6.61 Å². The van der Waals surface area contributed by atoms with Gasteiger partial charge in [-0.25, -0.2) is 0 Å². The zero-order valence-electron chi connectivity index (χ0n) is 8.84. The molecule has 0 heterocycles. The molecule has 2 N–H and O–H groups in total. The number of carboxylic acids is 1. The maximum atomic E-state index is 10.1. The van der Waals surface area contributed by atoms with Crippen LogP contribution in [0.25, 0.3) is 0 Å². The Bertz CT molecular complexity index is 152. The number of hydrogen-bond donors (Lipinski definition) is 4. The largest absolute Gasteiger partial charge is 0.481 e. The van der Waals surface area contributed by atoms with Crippen LogP contribution in [0.4, 0.5) is 0 Å². The van der Waals surface area contributed by atoms with E-state index in [0.29, 0.717) is 6.61 Å². The van der Waals surface area contributed by atoms with Gasteiger partial charge in [0.2, 0.25) is 0 Å². The van der Waals surface area contributed by atoms with Crippen molar-refractivity contribution in [3.63, 3.8) is 0 Å². The molecule has 0 aromatic carbocycles. The van der Waals surface area contributed by atoms with Gasteiger partial charge in [0.1, 0.15) is 0 Å². The first kappa shape index (κ1) is 20.1. The Morgan fingerprint density at radius 3 is 1.60 bits per heavy atom. The van der Waals surface area contributed by atoms with Crippen molar-refractivity contribution in [3.8, 4) is 0 Å². The fourth-order valence-corrected chi connectivity index (χ4v) is 0.298. The molecule has 0 aromatic heterocycles. The van der Waals surface area contributed by atoms with Crippen LogP contribution in [0.3, 0.4) is 0 Å². The summed E-state index contributed by atoms with van der Waals surface area (Å²) < 4.78 is 4.48. The first-order valence-electron chi connectivity index (χ1n) is 4.19. The minimum absolute atomic E-state index is 0.0833. The molecule has 0 fully saturated rings. The third kappa shape index (κ3) is 42.0. The average molecular weight is 258 g/mol. The number of aliphatic hydroxyl groups excluding tert-OH is 1. The van der Waals surface area contributed by atoms with E-state index in [9.17, 15) is 9.59 Å². The lowest BCUT2D eigenvalue weighted by Gasteiger charge is -1.93. The average Bonchev–Trinajstić information content (AvgIpc) is 2.20. The summed E-state index contributed by atoms with van der Waals surface area (Å²) in [6, 6.07) is 0. The molecule has 0 aliphatic rings. The summed E-state index contributed by atoms with van der Waals surface area (Å²) >= 11 is 7.09. The van der Waals surface area contributed by atoms with Gasteiger partial charge >= 0.3 is 11.9 Å². The Balaban J connectivity index is -0.000000158. The number of rotatable bonds is 3. The van der Waals surface area contributed by atoms with Gasteiger partial charge in [-0.05, 0) is 13.8 Å². The van der Waals surface area contributed by atoms with Gasteiger partial charge in [-0.1, -0.05) is 0 Å². The maximum absolute atomic E-state index is 10.1. The molecule has 0 saturated heterocycles. The second-order valence-corrected chi connectivity index (χ2v) is 2.46. The van der Waals surface area contributed by atoms with E-state index >= 15 is 0 Å². The second-order valence-electron chi connectivity index (χ2n) is 1.83. The maximum Gasteiger partial charge on any atom is 0.315 e. The van der Waals surface area contributed by atoms with Gasteiger partial charge in [-0.3, -0.25) is 9.59 Å². The van der Waals surface area contributed by atoms with E-state index in [-0.39, 0.29) is 24.1 Å². The Labute approximate surface area is 101 Å². The minimum atomic E-state index is -0.881. The van der Waals surface area contributed by atoms with Crippen LogP contribution in [-0.2, 0) is 14.3 Å². The summed E-state index contributed by atoms with van der Waals surface area (Å²) in [6.45, 7) is 4.14. The predicted molar refractivity (Wildman–Crippen MR) is 64.7 cm³/mol. The monoisotopic (exact) mass is 258 g/mol. The molecule has 0 spiro atoms. The van der Waals surface area contributed by atoms with Crippen LogP contribution in [0.2, 0.25) is 0 Å². The molecule has 7 heteroatoms. The molecule has 15 heavy (non-hydrogen) atoms. The van der Waals surface area contributed by atoms with Crippen LogP contribution in [0, 0.1) is 0 Å². The number of aliphatic carboxylic acids is 1. The first-order valence-corrected chi connectivity index (χ1v) is 5.46. The number of aliphatic hydroxyl groups is 1. The fourth-order valence-electron chi connectivity index (χ4n) is 0.207. The van der Waals surface area contributed by atoms with Crippen molar-refractivity contribution in [2.75, 3.05) is 24.7 Å². The molecule has 0 bridgehead atoms. The van der Waals surface area contributed by atoms with Crippen LogP contribution in [0.5, 0.6) is 0 Å². The predicted octanol–water partition coefficient (Wildman–Crippen LogP) is 0.479. The minimum Gasteiger partial charge on any atom is -0.481 e. The summed E-state index contributed by atoms with van der Waals surface area (Å²) in [6.07, 6.45) is 0. The summed E-state index contributed by atoms with van der Waals surface area (Å²) in [5.74, 6) is -1.05. The van der Waals surface area contributed by atoms with Crippen LogP contribution in [0.1, 0.15) is 13.8 Å². The zero-order valence-corrected chi connectivity index (χ0v) is 10.6. The van der Waals surface area contributed by atoms with E-state index in [1.54, 1.807) is 13.8 Å². The lowest BCUT2D eigenvalue weighted by molar-refractivity contribution is -0.140. The van der Waals surface area contributed by atoms with Crippen molar-refractivity contribution in [2.24, 2.45) is 0 Å². The highest BCUT2D eigenvalue weighted by Crippen LogP contribution is 1.78. The number of carbonyl (C=O) groups excluding carboxylic acids is 1. The molecule has 0 unspecified atom stereocenters. The highest BCUT2D eigenvalue weighted by Gasteiger charge is 1.91.